The van der Waals surface area contributed by atoms with Gasteiger partial charge in [0.25, 0.3) is 0 Å². The van der Waals surface area contributed by atoms with Gasteiger partial charge in [-0.05, 0) is 61.5 Å². The number of halogens is 3. The van der Waals surface area contributed by atoms with Gasteiger partial charge in [-0.3, -0.25) is 19.5 Å². The first-order valence-corrected chi connectivity index (χ1v) is 9.93. The number of aliphatic imine (C=N–C) groups is 1. The summed E-state index contributed by atoms with van der Waals surface area (Å²) in [6.45, 7) is 6.10. The Kier molecular flexibility index (Phi) is 8.21. The van der Waals surface area contributed by atoms with Gasteiger partial charge in [0.05, 0.1) is 22.3 Å². The van der Waals surface area contributed by atoms with Crippen molar-refractivity contribution in [1.29, 1.82) is 0 Å². The van der Waals surface area contributed by atoms with Gasteiger partial charge in [0.1, 0.15) is 0 Å². The smallest absolute Gasteiger partial charge is 0.322 e. The van der Waals surface area contributed by atoms with E-state index in [1.165, 1.54) is 6.21 Å². The number of ether oxygens (including phenoxy) is 1. The molecule has 0 amide bonds. The van der Waals surface area contributed by atoms with Gasteiger partial charge in [0.2, 0.25) is 11.9 Å². The van der Waals surface area contributed by atoms with Crippen molar-refractivity contribution >= 4 is 40.6 Å². The Morgan fingerprint density at radius 1 is 1.44 bits per heavy atom. The van der Waals surface area contributed by atoms with Crippen LogP contribution in [-0.4, -0.2) is 60.1 Å². The summed E-state index contributed by atoms with van der Waals surface area (Å²) in [7, 11) is 0. The van der Waals surface area contributed by atoms with Crippen molar-refractivity contribution in [1.82, 2.24) is 9.88 Å². The first-order chi connectivity index (χ1) is 12.9. The highest BCUT2D eigenvalue weighted by atomic mass is 127. The zero-order valence-corrected chi connectivity index (χ0v) is 17.4. The van der Waals surface area contributed by atoms with Gasteiger partial charge in [-0.25, -0.2) is 0 Å². The number of esters is 1. The van der Waals surface area contributed by atoms with E-state index in [1.54, 1.807) is 29.5 Å². The third-order valence-electron chi connectivity index (χ3n) is 4.45. The Labute approximate surface area is 170 Å². The lowest BCUT2D eigenvalue weighted by Crippen LogP contribution is -2.32. The van der Waals surface area contributed by atoms with Crippen LogP contribution in [0.5, 0.6) is 0 Å². The number of nitrogens with zero attached hydrogens (tertiary/aromatic N) is 3. The van der Waals surface area contributed by atoms with Gasteiger partial charge in [-0.1, -0.05) is 6.92 Å². The van der Waals surface area contributed by atoms with Crippen LogP contribution in [0.25, 0.3) is 0 Å². The van der Waals surface area contributed by atoms with Crippen LogP contribution < -0.4 is 0 Å². The molecule has 0 aromatic carbocycles. The van der Waals surface area contributed by atoms with Gasteiger partial charge >= 0.3 is 5.97 Å². The van der Waals surface area contributed by atoms with Gasteiger partial charge in [-0.15, -0.1) is 0 Å². The van der Waals surface area contributed by atoms with Gasteiger partial charge in [0.15, 0.2) is 11.7 Å². The summed E-state index contributed by atoms with van der Waals surface area (Å²) in [6, 6.07) is 1.30. The van der Waals surface area contributed by atoms with Crippen LogP contribution in [-0.2, 0) is 9.53 Å². The highest BCUT2D eigenvalue weighted by Crippen LogP contribution is 2.19. The van der Waals surface area contributed by atoms with Gasteiger partial charge in [0, 0.05) is 12.3 Å². The number of carbonyl (C=O) groups excluding carboxylic acids is 2. The SMILES string of the molecule is CCOC(=O)C(C=NC[C@@H]1CCCN1CC)C(=O)c1cc(I)c(F)nc1F. The van der Waals surface area contributed by atoms with Crippen LogP contribution in [0.3, 0.4) is 0 Å². The molecule has 1 aromatic heterocycles. The number of hydrogen-bond acceptors (Lipinski definition) is 6. The molecule has 0 bridgehead atoms. The van der Waals surface area contributed by atoms with E-state index in [0.29, 0.717) is 6.54 Å². The molecular weight excluding hydrogens is 471 g/mol. The van der Waals surface area contributed by atoms with Crippen molar-refractivity contribution < 1.29 is 23.1 Å². The van der Waals surface area contributed by atoms with Crippen LogP contribution in [0.4, 0.5) is 8.78 Å². The summed E-state index contributed by atoms with van der Waals surface area (Å²) >= 11 is 1.61. The van der Waals surface area contributed by atoms with Crippen molar-refractivity contribution in [2.75, 3.05) is 26.2 Å². The van der Waals surface area contributed by atoms with Crippen LogP contribution >= 0.6 is 22.6 Å². The zero-order valence-electron chi connectivity index (χ0n) is 15.3. The highest BCUT2D eigenvalue weighted by Gasteiger charge is 2.31. The van der Waals surface area contributed by atoms with E-state index in [1.807, 2.05) is 0 Å². The molecule has 6 nitrogen and oxygen atoms in total. The molecule has 0 N–H and O–H groups in total. The molecule has 27 heavy (non-hydrogen) atoms. The maximum Gasteiger partial charge on any atom is 0.322 e. The molecule has 0 radical (unpaired) electrons. The Bertz CT molecular complexity index is 730. The molecule has 1 saturated heterocycles. The molecule has 2 heterocycles. The Hall–Kier alpha value is -1.49. The molecule has 2 atom stereocenters. The standard InChI is InChI=1S/C18H22F2IN3O3/c1-3-24-7-5-6-11(24)9-22-10-13(18(26)27-4-2)15(25)12-8-14(21)17(20)23-16(12)19/h8,10-11,13H,3-7,9H2,1-2H3/t11-,13?/m0/s1. The largest absolute Gasteiger partial charge is 0.465 e. The zero-order chi connectivity index (χ0) is 20.0. The molecule has 9 heteroatoms. The number of ketones is 1. The number of likely N-dealkylation sites (tertiary alicyclic amines) is 1. The fraction of sp³-hybridized carbons (Fsp3) is 0.556. The second-order valence-electron chi connectivity index (χ2n) is 6.13. The number of aromatic nitrogens is 1. The lowest BCUT2D eigenvalue weighted by Gasteiger charge is -2.20. The summed E-state index contributed by atoms with van der Waals surface area (Å²) in [5.74, 6) is -5.32. The van der Waals surface area contributed by atoms with Crippen molar-refractivity contribution in [3.05, 3.63) is 27.1 Å². The number of likely N-dealkylation sites (N-methyl/N-ethyl adjacent to an activating group) is 1. The molecule has 1 aliphatic rings. The Morgan fingerprint density at radius 3 is 2.85 bits per heavy atom. The van der Waals surface area contributed by atoms with E-state index < -0.39 is 35.1 Å². The minimum Gasteiger partial charge on any atom is -0.465 e. The van der Waals surface area contributed by atoms with E-state index in [0.717, 1.165) is 32.0 Å². The van der Waals surface area contributed by atoms with Crippen molar-refractivity contribution in [2.45, 2.75) is 32.7 Å². The molecular formula is C18H22F2IN3O3. The Balaban J connectivity index is 2.21. The highest BCUT2D eigenvalue weighted by molar-refractivity contribution is 14.1. The quantitative estimate of drug-likeness (QED) is 0.139. The molecule has 1 aromatic rings. The van der Waals surface area contributed by atoms with Crippen LogP contribution in [0.15, 0.2) is 11.1 Å². The molecule has 1 aliphatic heterocycles. The lowest BCUT2D eigenvalue weighted by molar-refractivity contribution is -0.143. The van der Waals surface area contributed by atoms with Crippen molar-refractivity contribution in [2.24, 2.45) is 10.9 Å². The maximum absolute atomic E-state index is 14.0. The third kappa shape index (κ3) is 5.50. The van der Waals surface area contributed by atoms with Crippen molar-refractivity contribution in [3.63, 3.8) is 0 Å². The predicted octanol–water partition coefficient (Wildman–Crippen LogP) is 2.88. The minimum absolute atomic E-state index is 0.0126. The molecule has 1 unspecified atom stereocenters. The number of pyridine rings is 1. The predicted molar refractivity (Wildman–Crippen MR) is 105 cm³/mol. The average molecular weight is 493 g/mol. The lowest BCUT2D eigenvalue weighted by atomic mass is 9.99. The summed E-state index contributed by atoms with van der Waals surface area (Å²) in [5.41, 5.74) is -0.457. The molecule has 0 spiro atoms. The molecule has 1 fully saturated rings. The number of hydrogen-bond donors (Lipinski definition) is 0. The second kappa shape index (κ2) is 10.2. The van der Waals surface area contributed by atoms with Crippen molar-refractivity contribution in [3.8, 4) is 0 Å². The number of carbonyl (C=O) groups is 2. The van der Waals surface area contributed by atoms with E-state index in [4.69, 9.17) is 4.74 Å². The fourth-order valence-electron chi connectivity index (χ4n) is 3.06. The number of rotatable bonds is 8. The second-order valence-corrected chi connectivity index (χ2v) is 7.29. The molecule has 148 valence electrons. The molecule has 0 aliphatic carbocycles. The summed E-state index contributed by atoms with van der Waals surface area (Å²) in [6.07, 6.45) is 3.29. The summed E-state index contributed by atoms with van der Waals surface area (Å²) in [5, 5.41) is 0. The maximum atomic E-state index is 14.0. The topological polar surface area (TPSA) is 71.9 Å². The fourth-order valence-corrected chi connectivity index (χ4v) is 3.49. The van der Waals surface area contributed by atoms with E-state index in [9.17, 15) is 18.4 Å². The van der Waals surface area contributed by atoms with Crippen LogP contribution in [0.1, 0.15) is 37.0 Å². The first kappa shape index (κ1) is 21.8. The van der Waals surface area contributed by atoms with Gasteiger partial charge in [-0.2, -0.15) is 13.8 Å². The number of Topliss-reactive ketones (excluding diaryl/α,β-unsaturated/α-hetero) is 1. The van der Waals surface area contributed by atoms with E-state index >= 15 is 0 Å². The third-order valence-corrected chi connectivity index (χ3v) is 5.21. The van der Waals surface area contributed by atoms with Crippen LogP contribution in [0, 0.1) is 21.4 Å². The monoisotopic (exact) mass is 493 g/mol. The molecule has 2 rings (SSSR count). The van der Waals surface area contributed by atoms with E-state index in [-0.39, 0.29) is 16.2 Å². The normalized spacial score (nSPS) is 18.8. The summed E-state index contributed by atoms with van der Waals surface area (Å²) < 4.78 is 32.2. The Morgan fingerprint density at radius 2 is 2.19 bits per heavy atom. The van der Waals surface area contributed by atoms with Gasteiger partial charge < -0.3 is 4.74 Å². The summed E-state index contributed by atoms with van der Waals surface area (Å²) in [4.78, 5) is 34.5. The molecule has 0 saturated carbocycles. The van der Waals surface area contributed by atoms with E-state index in [2.05, 4.69) is 21.8 Å². The first-order valence-electron chi connectivity index (χ1n) is 8.85. The van der Waals surface area contributed by atoms with Crippen LogP contribution in [0.2, 0.25) is 0 Å². The minimum atomic E-state index is -1.39. The average Bonchev–Trinajstić information content (AvgIpc) is 3.09.